The predicted octanol–water partition coefficient (Wildman–Crippen LogP) is 2.70. The van der Waals surface area contributed by atoms with Gasteiger partial charge in [-0.05, 0) is 25.2 Å². The molecular weight excluding hydrogens is 178 g/mol. The van der Waals surface area contributed by atoms with Gasteiger partial charge in [-0.1, -0.05) is 20.8 Å². The molecule has 1 saturated heterocycles. The number of hydrogen-bond acceptors (Lipinski definition) is 2. The molecule has 2 unspecified atom stereocenters. The number of ether oxygens (including phenoxy) is 1. The summed E-state index contributed by atoms with van der Waals surface area (Å²) in [4.78, 5) is 11.0. The van der Waals surface area contributed by atoms with E-state index in [-0.39, 0.29) is 11.7 Å². The standard InChI is InChI=1S/C9H15NO2.C2H6/c1-7-2-3-9(6-7)4-5-10-8(11)12-9;1-2/h7H,2-6H2,1H3,(H,10,11);1-2H3. The van der Waals surface area contributed by atoms with E-state index >= 15 is 0 Å². The van der Waals surface area contributed by atoms with Gasteiger partial charge in [0, 0.05) is 13.0 Å². The number of carbonyl (C=O) groups is 1. The Morgan fingerprint density at radius 3 is 2.64 bits per heavy atom. The van der Waals surface area contributed by atoms with Gasteiger partial charge in [0.1, 0.15) is 5.60 Å². The highest BCUT2D eigenvalue weighted by Gasteiger charge is 2.42. The number of alkyl carbamates (subject to hydrolysis) is 1. The van der Waals surface area contributed by atoms with E-state index in [1.807, 2.05) is 13.8 Å². The SMILES string of the molecule is CC.CC1CCC2(CCNC(=O)O2)C1. The Balaban J connectivity index is 0.000000461. The van der Waals surface area contributed by atoms with E-state index in [1.165, 1.54) is 6.42 Å². The maximum Gasteiger partial charge on any atom is 0.407 e. The van der Waals surface area contributed by atoms with E-state index in [2.05, 4.69) is 12.2 Å². The molecule has 1 spiro atoms. The van der Waals surface area contributed by atoms with Crippen LogP contribution in [-0.2, 0) is 4.74 Å². The van der Waals surface area contributed by atoms with Gasteiger partial charge in [-0.15, -0.1) is 0 Å². The lowest BCUT2D eigenvalue weighted by Crippen LogP contribution is -2.45. The normalized spacial score (nSPS) is 35.6. The van der Waals surface area contributed by atoms with Crippen molar-refractivity contribution in [1.82, 2.24) is 5.32 Å². The molecule has 2 aliphatic rings. The molecule has 1 N–H and O–H groups in total. The van der Waals surface area contributed by atoms with Crippen LogP contribution in [0.1, 0.15) is 46.5 Å². The van der Waals surface area contributed by atoms with Crippen LogP contribution in [0.15, 0.2) is 0 Å². The molecule has 1 saturated carbocycles. The molecule has 3 heteroatoms. The van der Waals surface area contributed by atoms with E-state index in [0.29, 0.717) is 0 Å². The summed E-state index contributed by atoms with van der Waals surface area (Å²) < 4.78 is 5.36. The van der Waals surface area contributed by atoms with E-state index in [9.17, 15) is 4.79 Å². The van der Waals surface area contributed by atoms with Gasteiger partial charge in [0.2, 0.25) is 0 Å². The Bertz CT molecular complexity index is 201. The quantitative estimate of drug-likeness (QED) is 0.651. The summed E-state index contributed by atoms with van der Waals surface area (Å²) in [6, 6.07) is 0. The number of hydrogen-bond donors (Lipinski definition) is 1. The average Bonchev–Trinajstić information content (AvgIpc) is 2.50. The molecule has 0 bridgehead atoms. The van der Waals surface area contributed by atoms with Gasteiger partial charge in [-0.3, -0.25) is 0 Å². The van der Waals surface area contributed by atoms with Crippen LogP contribution in [0.5, 0.6) is 0 Å². The number of amides is 1. The first-order valence-corrected chi connectivity index (χ1v) is 5.67. The fourth-order valence-electron chi connectivity index (χ4n) is 2.34. The molecule has 3 nitrogen and oxygen atoms in total. The first kappa shape index (κ1) is 11.3. The third kappa shape index (κ3) is 2.40. The van der Waals surface area contributed by atoms with Gasteiger partial charge >= 0.3 is 6.09 Å². The van der Waals surface area contributed by atoms with Crippen LogP contribution >= 0.6 is 0 Å². The van der Waals surface area contributed by atoms with Crippen molar-refractivity contribution in [3.8, 4) is 0 Å². The number of nitrogens with one attached hydrogen (secondary N) is 1. The Morgan fingerprint density at radius 1 is 1.43 bits per heavy atom. The zero-order chi connectivity index (χ0) is 10.6. The van der Waals surface area contributed by atoms with Crippen molar-refractivity contribution in [2.24, 2.45) is 5.92 Å². The summed E-state index contributed by atoms with van der Waals surface area (Å²) >= 11 is 0. The van der Waals surface area contributed by atoms with Crippen molar-refractivity contribution >= 4 is 6.09 Å². The lowest BCUT2D eigenvalue weighted by atomic mass is 9.95. The van der Waals surface area contributed by atoms with Crippen LogP contribution < -0.4 is 5.32 Å². The molecule has 2 rings (SSSR count). The molecule has 0 radical (unpaired) electrons. The minimum absolute atomic E-state index is 0.0955. The highest BCUT2D eigenvalue weighted by Crippen LogP contribution is 2.40. The lowest BCUT2D eigenvalue weighted by Gasteiger charge is -2.33. The molecule has 1 aliphatic heterocycles. The van der Waals surface area contributed by atoms with Gasteiger partial charge in [0.25, 0.3) is 0 Å². The summed E-state index contributed by atoms with van der Waals surface area (Å²) in [5.74, 6) is 0.718. The summed E-state index contributed by atoms with van der Waals surface area (Å²) in [6.45, 7) is 7.01. The second kappa shape index (κ2) is 4.67. The van der Waals surface area contributed by atoms with Crippen molar-refractivity contribution in [3.63, 3.8) is 0 Å². The molecule has 2 atom stereocenters. The van der Waals surface area contributed by atoms with Crippen LogP contribution in [-0.4, -0.2) is 18.2 Å². The summed E-state index contributed by atoms with van der Waals surface area (Å²) in [5.41, 5.74) is -0.0955. The highest BCUT2D eigenvalue weighted by atomic mass is 16.6. The first-order chi connectivity index (χ1) is 6.70. The highest BCUT2D eigenvalue weighted by molar-refractivity contribution is 5.68. The molecular formula is C11H21NO2. The maximum atomic E-state index is 11.0. The molecule has 82 valence electrons. The Morgan fingerprint density at radius 2 is 2.14 bits per heavy atom. The molecule has 14 heavy (non-hydrogen) atoms. The van der Waals surface area contributed by atoms with E-state index in [4.69, 9.17) is 4.74 Å². The largest absolute Gasteiger partial charge is 0.443 e. The zero-order valence-corrected chi connectivity index (χ0v) is 9.43. The molecule has 0 aromatic rings. The lowest BCUT2D eigenvalue weighted by molar-refractivity contribution is -0.00994. The average molecular weight is 199 g/mol. The fourth-order valence-corrected chi connectivity index (χ4v) is 2.34. The van der Waals surface area contributed by atoms with E-state index in [0.717, 1.165) is 31.7 Å². The van der Waals surface area contributed by atoms with Crippen LogP contribution in [0.2, 0.25) is 0 Å². The van der Waals surface area contributed by atoms with Gasteiger partial charge in [0.15, 0.2) is 0 Å². The van der Waals surface area contributed by atoms with Crippen molar-refractivity contribution < 1.29 is 9.53 Å². The van der Waals surface area contributed by atoms with Crippen molar-refractivity contribution in [3.05, 3.63) is 0 Å². The molecule has 0 aromatic heterocycles. The summed E-state index contributed by atoms with van der Waals surface area (Å²) in [7, 11) is 0. The van der Waals surface area contributed by atoms with Crippen molar-refractivity contribution in [2.75, 3.05) is 6.54 Å². The molecule has 1 heterocycles. The van der Waals surface area contributed by atoms with Gasteiger partial charge in [-0.25, -0.2) is 4.79 Å². The van der Waals surface area contributed by atoms with E-state index in [1.54, 1.807) is 0 Å². The Kier molecular flexibility index (Phi) is 3.78. The third-order valence-corrected chi connectivity index (χ3v) is 2.97. The van der Waals surface area contributed by atoms with Crippen LogP contribution in [0.3, 0.4) is 0 Å². The smallest absolute Gasteiger partial charge is 0.407 e. The first-order valence-electron chi connectivity index (χ1n) is 5.67. The summed E-state index contributed by atoms with van der Waals surface area (Å²) in [5, 5.41) is 2.69. The minimum atomic E-state index is -0.227. The molecule has 0 aromatic carbocycles. The second-order valence-electron chi connectivity index (χ2n) is 4.10. The Labute approximate surface area is 86.2 Å². The Hall–Kier alpha value is -0.730. The predicted molar refractivity (Wildman–Crippen MR) is 56.2 cm³/mol. The van der Waals surface area contributed by atoms with E-state index < -0.39 is 0 Å². The molecule has 1 amide bonds. The fraction of sp³-hybridized carbons (Fsp3) is 0.909. The topological polar surface area (TPSA) is 38.3 Å². The third-order valence-electron chi connectivity index (χ3n) is 2.97. The van der Waals surface area contributed by atoms with Gasteiger partial charge < -0.3 is 10.1 Å². The van der Waals surface area contributed by atoms with Crippen molar-refractivity contribution in [2.45, 2.75) is 52.1 Å². The minimum Gasteiger partial charge on any atom is -0.443 e. The van der Waals surface area contributed by atoms with Crippen LogP contribution in [0, 0.1) is 5.92 Å². The van der Waals surface area contributed by atoms with Crippen molar-refractivity contribution in [1.29, 1.82) is 0 Å². The van der Waals surface area contributed by atoms with Gasteiger partial charge in [-0.2, -0.15) is 0 Å². The van der Waals surface area contributed by atoms with Crippen LogP contribution in [0.4, 0.5) is 4.79 Å². The zero-order valence-electron chi connectivity index (χ0n) is 9.43. The van der Waals surface area contributed by atoms with Gasteiger partial charge in [0.05, 0.1) is 0 Å². The van der Waals surface area contributed by atoms with Crippen LogP contribution in [0.25, 0.3) is 0 Å². The molecule has 1 aliphatic carbocycles. The molecule has 2 fully saturated rings. The second-order valence-corrected chi connectivity index (χ2v) is 4.10. The monoisotopic (exact) mass is 199 g/mol. The summed E-state index contributed by atoms with van der Waals surface area (Å²) in [6.07, 6.45) is 4.08. The number of carbonyl (C=O) groups excluding carboxylic acids is 1. The number of rotatable bonds is 0. The maximum absolute atomic E-state index is 11.0.